The molecule has 0 unspecified atom stereocenters. The molecule has 1 radical (unpaired) electrons. The molecule has 1 rings (SSSR count). The number of aliphatic imine (C=N–C) groups is 1. The van der Waals surface area contributed by atoms with Crippen molar-refractivity contribution in [3.05, 3.63) is 24.2 Å². The second kappa shape index (κ2) is 17.6. The Hall–Kier alpha value is -0.781. The van der Waals surface area contributed by atoms with Crippen molar-refractivity contribution < 1.29 is 14.3 Å². The van der Waals surface area contributed by atoms with Gasteiger partial charge in [0.1, 0.15) is 5.76 Å². The van der Waals surface area contributed by atoms with Crippen molar-refractivity contribution in [1.29, 1.82) is 0 Å². The van der Waals surface area contributed by atoms with E-state index in [1.165, 1.54) is 38.5 Å². The van der Waals surface area contributed by atoms with Gasteiger partial charge in [-0.1, -0.05) is 0 Å². The van der Waals surface area contributed by atoms with Crippen LogP contribution in [0.2, 0.25) is 13.3 Å². The van der Waals surface area contributed by atoms with Crippen LogP contribution >= 0.6 is 0 Å². The third kappa shape index (κ3) is 14.4. The minimum atomic E-state index is -0.839. The van der Waals surface area contributed by atoms with Gasteiger partial charge in [0.15, 0.2) is 0 Å². The van der Waals surface area contributed by atoms with E-state index in [2.05, 4.69) is 25.8 Å². The fraction of sp³-hybridized carbons (Fsp3) is 0.714. The Bertz CT molecular complexity index is 453. The van der Waals surface area contributed by atoms with Crippen molar-refractivity contribution in [2.75, 3.05) is 6.54 Å². The number of aliphatic carboxylic acids is 1. The summed E-state index contributed by atoms with van der Waals surface area (Å²) in [7, 11) is 0. The van der Waals surface area contributed by atoms with Gasteiger partial charge >= 0.3 is 98.3 Å². The molecule has 4 nitrogen and oxygen atoms in total. The van der Waals surface area contributed by atoms with Crippen LogP contribution in [0.15, 0.2) is 27.8 Å². The summed E-state index contributed by atoms with van der Waals surface area (Å²) in [6.45, 7) is 9.09. The van der Waals surface area contributed by atoms with E-state index in [9.17, 15) is 4.79 Å². The van der Waals surface area contributed by atoms with Crippen LogP contribution in [-0.2, 0) is 4.79 Å². The van der Waals surface area contributed by atoms with Crippen molar-refractivity contribution >= 4 is 31.4 Å². The number of unbranched alkanes of at least 4 members (excludes halogenated alkanes) is 3. The molecule has 5 heteroatoms. The second-order valence-electron chi connectivity index (χ2n) is 6.65. The zero-order chi connectivity index (χ0) is 19.6. The van der Waals surface area contributed by atoms with E-state index in [4.69, 9.17) is 9.52 Å². The predicted molar refractivity (Wildman–Crippen MR) is 113 cm³/mol. The van der Waals surface area contributed by atoms with Crippen molar-refractivity contribution in [2.45, 2.75) is 86.0 Å². The van der Waals surface area contributed by atoms with Crippen LogP contribution in [0.3, 0.4) is 0 Å². The summed E-state index contributed by atoms with van der Waals surface area (Å²) < 4.78 is 10.1. The summed E-state index contributed by atoms with van der Waals surface area (Å²) in [6, 6.07) is 3.56. The SMILES string of the molecule is CC(=NCCC(=O)O)c1ccco1.CCC[CH2][Sn]([CH2]CCC)[CH2]CCC. The molecule has 1 aromatic rings. The molecule has 0 saturated carbocycles. The summed E-state index contributed by atoms with van der Waals surface area (Å²) in [5, 5.41) is 8.36. The first kappa shape index (κ1) is 25.2. The van der Waals surface area contributed by atoms with Gasteiger partial charge in [0.25, 0.3) is 0 Å². The van der Waals surface area contributed by atoms with Gasteiger partial charge in [-0.05, 0) is 19.1 Å². The fourth-order valence-corrected chi connectivity index (χ4v) is 12.0. The first-order chi connectivity index (χ1) is 12.5. The first-order valence-electron chi connectivity index (χ1n) is 10.1. The molecule has 149 valence electrons. The summed E-state index contributed by atoms with van der Waals surface area (Å²) >= 11 is -0.839. The quantitative estimate of drug-likeness (QED) is 0.266. The minimum absolute atomic E-state index is 0.0536. The van der Waals surface area contributed by atoms with Crippen molar-refractivity contribution in [3.8, 4) is 0 Å². The average Bonchev–Trinajstić information content (AvgIpc) is 3.16. The number of furan rings is 1. The number of rotatable bonds is 13. The Balaban J connectivity index is 0.000000481. The third-order valence-electron chi connectivity index (χ3n) is 4.20. The monoisotopic (exact) mass is 472 g/mol. The van der Waals surface area contributed by atoms with Crippen molar-refractivity contribution in [2.24, 2.45) is 4.99 Å². The van der Waals surface area contributed by atoms with Crippen LogP contribution in [0.5, 0.6) is 0 Å². The topological polar surface area (TPSA) is 62.8 Å². The van der Waals surface area contributed by atoms with Gasteiger partial charge in [0.2, 0.25) is 0 Å². The van der Waals surface area contributed by atoms with E-state index in [1.807, 2.05) is 0 Å². The number of hydrogen-bond donors (Lipinski definition) is 1. The number of hydrogen-bond acceptors (Lipinski definition) is 3. The van der Waals surface area contributed by atoms with Crippen molar-refractivity contribution in [3.63, 3.8) is 0 Å². The number of carboxylic acids is 1. The van der Waals surface area contributed by atoms with Crippen LogP contribution < -0.4 is 0 Å². The molecular weight excluding hydrogens is 433 g/mol. The van der Waals surface area contributed by atoms with E-state index in [0.29, 0.717) is 12.3 Å². The molecule has 0 saturated heterocycles. The van der Waals surface area contributed by atoms with Crippen LogP contribution in [-0.4, -0.2) is 43.1 Å². The Kier molecular flexibility index (Phi) is 17.1. The number of carboxylic acid groups (broad SMARTS) is 1. The molecule has 0 aliphatic carbocycles. The molecular formula is C21H38NO3Sn. The predicted octanol–water partition coefficient (Wildman–Crippen LogP) is 6.44. The van der Waals surface area contributed by atoms with E-state index in [1.54, 1.807) is 38.6 Å². The van der Waals surface area contributed by atoms with Crippen LogP contribution in [0, 0.1) is 0 Å². The molecule has 0 atom stereocenters. The average molecular weight is 471 g/mol. The molecule has 26 heavy (non-hydrogen) atoms. The first-order valence-corrected chi connectivity index (χ1v) is 16.2. The van der Waals surface area contributed by atoms with Gasteiger partial charge in [0, 0.05) is 6.54 Å². The fourth-order valence-electron chi connectivity index (χ4n) is 2.54. The van der Waals surface area contributed by atoms with E-state index < -0.39 is 25.7 Å². The van der Waals surface area contributed by atoms with Crippen LogP contribution in [0.25, 0.3) is 0 Å². The van der Waals surface area contributed by atoms with Gasteiger partial charge in [-0.15, -0.1) is 0 Å². The molecule has 0 amide bonds. The second-order valence-corrected chi connectivity index (χ2v) is 15.2. The summed E-state index contributed by atoms with van der Waals surface area (Å²) in [6.07, 6.45) is 10.5. The van der Waals surface area contributed by atoms with E-state index in [0.717, 1.165) is 5.71 Å². The van der Waals surface area contributed by atoms with Gasteiger partial charge in [0.05, 0.1) is 18.4 Å². The molecule has 1 N–H and O–H groups in total. The Labute approximate surface area is 167 Å². The molecule has 0 spiro atoms. The number of carbonyl (C=O) groups is 1. The summed E-state index contributed by atoms with van der Waals surface area (Å²) in [4.78, 5) is 14.2. The Morgan fingerprint density at radius 1 is 1.08 bits per heavy atom. The Morgan fingerprint density at radius 3 is 2.00 bits per heavy atom. The standard InChI is InChI=1S/C9H11NO3.3C4H9.Sn/c1-7(8-3-2-6-13-8)10-5-4-9(11)12;3*1-3-4-2;/h2-3,6H,4-5H2,1H3,(H,11,12);3*1,3-4H2,2H3;. The van der Waals surface area contributed by atoms with E-state index >= 15 is 0 Å². The summed E-state index contributed by atoms with van der Waals surface area (Å²) in [5.74, 6) is -0.151. The third-order valence-corrected chi connectivity index (χ3v) is 13.3. The molecule has 0 aliphatic heterocycles. The molecule has 0 fully saturated rings. The normalized spacial score (nSPS) is 11.3. The molecule has 0 bridgehead atoms. The van der Waals surface area contributed by atoms with Gasteiger partial charge in [-0.2, -0.15) is 0 Å². The number of nitrogens with zero attached hydrogens (tertiary/aromatic N) is 1. The van der Waals surface area contributed by atoms with Crippen LogP contribution in [0.4, 0.5) is 0 Å². The molecule has 1 aromatic heterocycles. The van der Waals surface area contributed by atoms with Gasteiger partial charge < -0.3 is 9.52 Å². The zero-order valence-electron chi connectivity index (χ0n) is 17.2. The van der Waals surface area contributed by atoms with Gasteiger partial charge in [-0.3, -0.25) is 9.79 Å². The van der Waals surface area contributed by atoms with Crippen LogP contribution in [0.1, 0.15) is 78.4 Å². The van der Waals surface area contributed by atoms with Crippen molar-refractivity contribution in [1.82, 2.24) is 0 Å². The van der Waals surface area contributed by atoms with Gasteiger partial charge in [-0.25, -0.2) is 0 Å². The Morgan fingerprint density at radius 2 is 1.62 bits per heavy atom. The molecule has 0 aliphatic rings. The molecule has 1 heterocycles. The van der Waals surface area contributed by atoms with E-state index in [-0.39, 0.29) is 6.42 Å². The maximum absolute atomic E-state index is 10.2. The molecule has 0 aromatic carbocycles. The summed E-state index contributed by atoms with van der Waals surface area (Å²) in [5.41, 5.74) is 0.728. The maximum atomic E-state index is 10.2. The zero-order valence-corrected chi connectivity index (χ0v) is 20.1.